The SMILES string of the molecule is O=C(CN1CCN(C(=O)c2ccc(Cl)cc2)CC1)NC(=O)NCc1cccs1. The third-order valence-electron chi connectivity index (χ3n) is 4.37. The quantitative estimate of drug-likeness (QED) is 0.776. The Hall–Kier alpha value is -2.42. The van der Waals surface area contributed by atoms with E-state index in [1.165, 1.54) is 11.3 Å². The smallest absolute Gasteiger partial charge is 0.321 e. The number of amides is 4. The Balaban J connectivity index is 1.38. The molecule has 148 valence electrons. The van der Waals surface area contributed by atoms with Crippen molar-refractivity contribution in [2.45, 2.75) is 6.54 Å². The fraction of sp³-hybridized carbons (Fsp3) is 0.316. The molecule has 0 radical (unpaired) electrons. The molecule has 0 spiro atoms. The minimum absolute atomic E-state index is 0.0475. The standard InChI is InChI=1S/C19H21ClN4O3S/c20-15-5-3-14(4-6-15)18(26)24-9-7-23(8-10-24)13-17(25)22-19(27)21-12-16-2-1-11-28-16/h1-6,11H,7-10,12-13H2,(H2,21,22,25,27). The van der Waals surface area contributed by atoms with E-state index in [9.17, 15) is 14.4 Å². The van der Waals surface area contributed by atoms with Crippen LogP contribution in [0, 0.1) is 0 Å². The number of carbonyl (C=O) groups is 3. The number of benzene rings is 1. The van der Waals surface area contributed by atoms with E-state index in [-0.39, 0.29) is 18.4 Å². The molecule has 0 saturated carbocycles. The molecule has 1 saturated heterocycles. The van der Waals surface area contributed by atoms with Crippen LogP contribution < -0.4 is 10.6 Å². The maximum Gasteiger partial charge on any atom is 0.321 e. The van der Waals surface area contributed by atoms with Crippen molar-refractivity contribution in [3.8, 4) is 0 Å². The normalized spacial score (nSPS) is 14.5. The summed E-state index contributed by atoms with van der Waals surface area (Å²) in [7, 11) is 0. The molecule has 0 atom stereocenters. The summed E-state index contributed by atoms with van der Waals surface area (Å²) in [5.74, 6) is -0.408. The largest absolute Gasteiger partial charge is 0.336 e. The first-order valence-electron chi connectivity index (χ1n) is 8.88. The van der Waals surface area contributed by atoms with Crippen LogP contribution in [0.4, 0.5) is 4.79 Å². The number of piperazine rings is 1. The van der Waals surface area contributed by atoms with Crippen molar-refractivity contribution in [3.63, 3.8) is 0 Å². The zero-order valence-electron chi connectivity index (χ0n) is 15.2. The second-order valence-electron chi connectivity index (χ2n) is 6.39. The van der Waals surface area contributed by atoms with Crippen LogP contribution in [0.2, 0.25) is 5.02 Å². The Bertz CT molecular complexity index is 818. The van der Waals surface area contributed by atoms with Crippen molar-refractivity contribution in [1.82, 2.24) is 20.4 Å². The van der Waals surface area contributed by atoms with Gasteiger partial charge < -0.3 is 10.2 Å². The maximum absolute atomic E-state index is 12.5. The Morgan fingerprint density at radius 1 is 1.04 bits per heavy atom. The summed E-state index contributed by atoms with van der Waals surface area (Å²) in [6.07, 6.45) is 0. The van der Waals surface area contributed by atoms with Gasteiger partial charge >= 0.3 is 6.03 Å². The van der Waals surface area contributed by atoms with E-state index in [1.807, 2.05) is 22.4 Å². The molecule has 2 N–H and O–H groups in total. The lowest BCUT2D eigenvalue weighted by Crippen LogP contribution is -2.52. The van der Waals surface area contributed by atoms with Crippen LogP contribution in [0.1, 0.15) is 15.2 Å². The molecule has 1 aromatic heterocycles. The van der Waals surface area contributed by atoms with Crippen LogP contribution in [0.25, 0.3) is 0 Å². The molecule has 3 rings (SSSR count). The molecule has 1 aromatic carbocycles. The second kappa shape index (κ2) is 9.68. The van der Waals surface area contributed by atoms with Crippen molar-refractivity contribution >= 4 is 40.8 Å². The molecule has 0 unspecified atom stereocenters. The average Bonchev–Trinajstić information content (AvgIpc) is 3.21. The van der Waals surface area contributed by atoms with Crippen LogP contribution in [0.5, 0.6) is 0 Å². The summed E-state index contributed by atoms with van der Waals surface area (Å²) >= 11 is 7.39. The third kappa shape index (κ3) is 5.79. The monoisotopic (exact) mass is 420 g/mol. The molecular formula is C19H21ClN4O3S. The van der Waals surface area contributed by atoms with Gasteiger partial charge in [0.2, 0.25) is 5.91 Å². The predicted octanol–water partition coefficient (Wildman–Crippen LogP) is 2.19. The van der Waals surface area contributed by atoms with E-state index in [4.69, 9.17) is 11.6 Å². The van der Waals surface area contributed by atoms with E-state index in [0.717, 1.165) is 4.88 Å². The lowest BCUT2D eigenvalue weighted by atomic mass is 10.2. The van der Waals surface area contributed by atoms with E-state index in [2.05, 4.69) is 10.6 Å². The molecule has 4 amide bonds. The van der Waals surface area contributed by atoms with Gasteiger partial charge in [0.15, 0.2) is 0 Å². The molecular weight excluding hydrogens is 400 g/mol. The third-order valence-corrected chi connectivity index (χ3v) is 5.50. The summed E-state index contributed by atoms with van der Waals surface area (Å²) in [5, 5.41) is 7.51. The number of urea groups is 1. The number of thiophene rings is 1. The van der Waals surface area contributed by atoms with Gasteiger partial charge in [-0.15, -0.1) is 11.3 Å². The van der Waals surface area contributed by atoms with Gasteiger partial charge in [-0.25, -0.2) is 4.79 Å². The van der Waals surface area contributed by atoms with Crippen molar-refractivity contribution in [3.05, 3.63) is 57.2 Å². The molecule has 1 aliphatic rings. The lowest BCUT2D eigenvalue weighted by Gasteiger charge is -2.34. The molecule has 28 heavy (non-hydrogen) atoms. The number of hydrogen-bond acceptors (Lipinski definition) is 5. The van der Waals surface area contributed by atoms with Gasteiger partial charge in [-0.3, -0.25) is 19.8 Å². The number of carbonyl (C=O) groups excluding carboxylic acids is 3. The van der Waals surface area contributed by atoms with E-state index >= 15 is 0 Å². The number of nitrogens with zero attached hydrogens (tertiary/aromatic N) is 2. The molecule has 9 heteroatoms. The highest BCUT2D eigenvalue weighted by Gasteiger charge is 2.23. The molecule has 2 heterocycles. The second-order valence-corrected chi connectivity index (χ2v) is 7.85. The Morgan fingerprint density at radius 2 is 1.75 bits per heavy atom. The summed E-state index contributed by atoms with van der Waals surface area (Å²) in [6.45, 7) is 2.71. The van der Waals surface area contributed by atoms with Gasteiger partial charge in [0.05, 0.1) is 13.1 Å². The minimum atomic E-state index is -0.505. The minimum Gasteiger partial charge on any atom is -0.336 e. The van der Waals surface area contributed by atoms with E-state index in [0.29, 0.717) is 43.3 Å². The maximum atomic E-state index is 12.5. The van der Waals surface area contributed by atoms with Crippen LogP contribution in [0.15, 0.2) is 41.8 Å². The number of rotatable bonds is 5. The van der Waals surface area contributed by atoms with Gasteiger partial charge in [-0.05, 0) is 35.7 Å². The fourth-order valence-electron chi connectivity index (χ4n) is 2.88. The van der Waals surface area contributed by atoms with Crippen molar-refractivity contribution in [2.75, 3.05) is 32.7 Å². The highest BCUT2D eigenvalue weighted by Crippen LogP contribution is 2.13. The molecule has 0 aliphatic carbocycles. The van der Waals surface area contributed by atoms with Crippen molar-refractivity contribution in [1.29, 1.82) is 0 Å². The van der Waals surface area contributed by atoms with Gasteiger partial charge in [0.1, 0.15) is 0 Å². The van der Waals surface area contributed by atoms with Gasteiger partial charge in [-0.2, -0.15) is 0 Å². The lowest BCUT2D eigenvalue weighted by molar-refractivity contribution is -0.121. The van der Waals surface area contributed by atoms with Crippen molar-refractivity contribution in [2.24, 2.45) is 0 Å². The van der Waals surface area contributed by atoms with Crippen LogP contribution in [0.3, 0.4) is 0 Å². The number of imide groups is 1. The molecule has 1 aliphatic heterocycles. The van der Waals surface area contributed by atoms with Crippen LogP contribution in [-0.2, 0) is 11.3 Å². The highest BCUT2D eigenvalue weighted by molar-refractivity contribution is 7.09. The topological polar surface area (TPSA) is 81.8 Å². The zero-order chi connectivity index (χ0) is 19.9. The molecule has 7 nitrogen and oxygen atoms in total. The highest BCUT2D eigenvalue weighted by atomic mass is 35.5. The fourth-order valence-corrected chi connectivity index (χ4v) is 3.65. The van der Waals surface area contributed by atoms with Crippen molar-refractivity contribution < 1.29 is 14.4 Å². The van der Waals surface area contributed by atoms with E-state index < -0.39 is 6.03 Å². The van der Waals surface area contributed by atoms with Crippen LogP contribution in [-0.4, -0.2) is 60.4 Å². The first kappa shape index (κ1) is 20.3. The van der Waals surface area contributed by atoms with Crippen LogP contribution >= 0.6 is 22.9 Å². The summed E-state index contributed by atoms with van der Waals surface area (Å²) < 4.78 is 0. The van der Waals surface area contributed by atoms with Gasteiger partial charge in [0, 0.05) is 41.6 Å². The predicted molar refractivity (Wildman–Crippen MR) is 108 cm³/mol. The number of halogens is 1. The van der Waals surface area contributed by atoms with Gasteiger partial charge in [-0.1, -0.05) is 17.7 Å². The Morgan fingerprint density at radius 3 is 2.39 bits per heavy atom. The first-order chi connectivity index (χ1) is 13.5. The Labute approximate surface area is 172 Å². The summed E-state index contributed by atoms with van der Waals surface area (Å²) in [6, 6.07) is 10.1. The molecule has 1 fully saturated rings. The van der Waals surface area contributed by atoms with E-state index in [1.54, 1.807) is 29.2 Å². The molecule has 2 aromatic rings. The Kier molecular flexibility index (Phi) is 7.02. The summed E-state index contributed by atoms with van der Waals surface area (Å²) in [5.41, 5.74) is 0.595. The average molecular weight is 421 g/mol. The summed E-state index contributed by atoms with van der Waals surface area (Å²) in [4.78, 5) is 41.0. The zero-order valence-corrected chi connectivity index (χ0v) is 16.8. The number of hydrogen-bond donors (Lipinski definition) is 2. The molecule has 0 bridgehead atoms. The first-order valence-corrected chi connectivity index (χ1v) is 10.1. The number of nitrogens with one attached hydrogen (secondary N) is 2. The van der Waals surface area contributed by atoms with Gasteiger partial charge in [0.25, 0.3) is 5.91 Å².